The maximum absolute atomic E-state index is 7.35. The summed E-state index contributed by atoms with van der Waals surface area (Å²) in [7, 11) is 0. The lowest BCUT2D eigenvalue weighted by Gasteiger charge is -2.28. The van der Waals surface area contributed by atoms with E-state index >= 15 is 0 Å². The van der Waals surface area contributed by atoms with Crippen LogP contribution in [0.2, 0.25) is 0 Å². The molecule has 1 aliphatic heterocycles. The van der Waals surface area contributed by atoms with Crippen LogP contribution in [-0.2, 0) is 0 Å². The van der Waals surface area contributed by atoms with Crippen molar-refractivity contribution in [2.75, 3.05) is 4.90 Å². The average Bonchev–Trinajstić information content (AvgIpc) is 3.47. The van der Waals surface area contributed by atoms with Gasteiger partial charge in [-0.3, -0.25) is 0 Å². The Kier molecular flexibility index (Phi) is 8.87. The van der Waals surface area contributed by atoms with Gasteiger partial charge in [0, 0.05) is 22.5 Å². The first kappa shape index (κ1) is 35.2. The Morgan fingerprint density at radius 2 is 0.750 bits per heavy atom. The predicted octanol–water partition coefficient (Wildman–Crippen LogP) is 16.4. The molecule has 60 heavy (non-hydrogen) atoms. The van der Waals surface area contributed by atoms with E-state index < -0.39 is 0 Å². The van der Waals surface area contributed by atoms with Crippen molar-refractivity contribution in [3.05, 3.63) is 237 Å². The van der Waals surface area contributed by atoms with E-state index in [-0.39, 0.29) is 0 Å². The van der Waals surface area contributed by atoms with Gasteiger partial charge in [0.05, 0.1) is 5.69 Å². The molecule has 2 nitrogen and oxygen atoms in total. The molecule has 0 saturated heterocycles. The minimum absolute atomic E-state index is 0.805. The van der Waals surface area contributed by atoms with Gasteiger partial charge in [0.1, 0.15) is 5.75 Å². The smallest absolute Gasteiger partial charge is 0.159 e. The molecule has 10 aromatic rings. The quantitative estimate of drug-likeness (QED) is 0.160. The molecule has 0 N–H and O–H groups in total. The molecule has 0 aromatic heterocycles. The molecule has 1 heterocycles. The summed E-state index contributed by atoms with van der Waals surface area (Å²) in [4.78, 5) is 2.35. The van der Waals surface area contributed by atoms with Crippen molar-refractivity contribution in [2.24, 2.45) is 0 Å². The second kappa shape index (κ2) is 15.1. The maximum Gasteiger partial charge on any atom is 0.159 e. The molecule has 282 valence electrons. The van der Waals surface area contributed by atoms with Crippen molar-refractivity contribution >= 4 is 27.8 Å². The van der Waals surface area contributed by atoms with Crippen LogP contribution >= 0.6 is 0 Å². The molecule has 0 spiro atoms. The highest BCUT2D eigenvalue weighted by molar-refractivity contribution is 5.98. The van der Waals surface area contributed by atoms with Crippen LogP contribution in [0.1, 0.15) is 0 Å². The Hall–Kier alpha value is -7.94. The number of nitrogens with zero attached hydrogens (tertiary/aromatic N) is 1. The highest BCUT2D eigenvalue weighted by Crippen LogP contribution is 2.54. The fourth-order valence-corrected chi connectivity index (χ4v) is 8.61. The van der Waals surface area contributed by atoms with E-state index in [9.17, 15) is 0 Å². The largest absolute Gasteiger partial charge is 0.454 e. The number of benzene rings is 10. The van der Waals surface area contributed by atoms with Crippen molar-refractivity contribution in [3.63, 3.8) is 0 Å². The number of rotatable bonds is 7. The third-order valence-corrected chi connectivity index (χ3v) is 11.7. The lowest BCUT2D eigenvalue weighted by Crippen LogP contribution is -2.11. The van der Waals surface area contributed by atoms with Crippen LogP contribution in [0, 0.1) is 0 Å². The van der Waals surface area contributed by atoms with Gasteiger partial charge >= 0.3 is 0 Å². The van der Waals surface area contributed by atoms with E-state index in [1.807, 2.05) is 0 Å². The number of hydrogen-bond acceptors (Lipinski definition) is 2. The molecule has 0 aliphatic carbocycles. The zero-order valence-electron chi connectivity index (χ0n) is 32.9. The van der Waals surface area contributed by atoms with Gasteiger partial charge in [0.15, 0.2) is 5.75 Å². The molecule has 0 radical (unpaired) electrons. The molecule has 0 saturated carbocycles. The zero-order chi connectivity index (χ0) is 39.8. The Balaban J connectivity index is 1.11. The predicted molar refractivity (Wildman–Crippen MR) is 251 cm³/mol. The van der Waals surface area contributed by atoms with Crippen molar-refractivity contribution in [1.29, 1.82) is 0 Å². The van der Waals surface area contributed by atoms with Crippen LogP contribution in [0.25, 0.3) is 77.5 Å². The molecule has 0 amide bonds. The number of anilines is 3. The molecule has 2 heteroatoms. The topological polar surface area (TPSA) is 12.5 Å². The zero-order valence-corrected chi connectivity index (χ0v) is 32.9. The van der Waals surface area contributed by atoms with Crippen LogP contribution in [0.5, 0.6) is 11.5 Å². The van der Waals surface area contributed by atoms with Crippen molar-refractivity contribution in [3.8, 4) is 78.3 Å². The van der Waals surface area contributed by atoms with E-state index in [2.05, 4.69) is 241 Å². The summed E-state index contributed by atoms with van der Waals surface area (Å²) in [6.45, 7) is 0. The molecule has 0 unspecified atom stereocenters. The van der Waals surface area contributed by atoms with Gasteiger partial charge < -0.3 is 9.64 Å². The first-order chi connectivity index (χ1) is 29.7. The van der Waals surface area contributed by atoms with Gasteiger partial charge in [0.2, 0.25) is 0 Å². The Labute approximate surface area is 350 Å². The van der Waals surface area contributed by atoms with E-state index in [0.717, 1.165) is 73.1 Å². The first-order valence-corrected chi connectivity index (χ1v) is 20.5. The first-order valence-electron chi connectivity index (χ1n) is 20.5. The number of hydrogen-bond donors (Lipinski definition) is 0. The van der Waals surface area contributed by atoms with Crippen LogP contribution in [0.15, 0.2) is 237 Å². The summed E-state index contributed by atoms with van der Waals surface area (Å²) >= 11 is 0. The summed E-state index contributed by atoms with van der Waals surface area (Å²) in [5.74, 6) is 1.63. The molecular weight excluding hydrogens is 727 g/mol. The minimum atomic E-state index is 0.805. The van der Waals surface area contributed by atoms with Gasteiger partial charge in [0.25, 0.3) is 0 Å². The van der Waals surface area contributed by atoms with Crippen molar-refractivity contribution < 1.29 is 4.74 Å². The number of ether oxygens (including phenoxy) is 1. The van der Waals surface area contributed by atoms with Crippen molar-refractivity contribution in [1.82, 2.24) is 0 Å². The third-order valence-electron chi connectivity index (χ3n) is 11.7. The van der Waals surface area contributed by atoms with Gasteiger partial charge in [-0.1, -0.05) is 188 Å². The van der Waals surface area contributed by atoms with E-state index in [1.165, 1.54) is 33.0 Å². The van der Waals surface area contributed by atoms with Gasteiger partial charge in [-0.05, 0) is 115 Å². The highest BCUT2D eigenvalue weighted by atomic mass is 16.5. The fourth-order valence-electron chi connectivity index (χ4n) is 8.61. The monoisotopic (exact) mass is 765 g/mol. The SMILES string of the molecule is c1ccc(-c2ccc(-c3ccc4c(c3)-c3cccc(N(c5ccc(-c6ccccc6)cc5)c5ccc6ccccc6c5)c3Oc3cc(-c5ccccc5)ccc3-4)cc2)cc1. The number of para-hydroxylation sites is 1. The summed E-state index contributed by atoms with van der Waals surface area (Å²) in [6, 6.07) is 84.7. The lowest BCUT2D eigenvalue weighted by atomic mass is 9.90. The third kappa shape index (κ3) is 6.51. The second-order valence-corrected chi connectivity index (χ2v) is 15.3. The molecule has 0 fully saturated rings. The van der Waals surface area contributed by atoms with Gasteiger partial charge in [-0.15, -0.1) is 0 Å². The summed E-state index contributed by atoms with van der Waals surface area (Å²) in [6.07, 6.45) is 0. The van der Waals surface area contributed by atoms with Crippen LogP contribution in [-0.4, -0.2) is 0 Å². The van der Waals surface area contributed by atoms with E-state index in [0.29, 0.717) is 0 Å². The normalized spacial score (nSPS) is 11.5. The lowest BCUT2D eigenvalue weighted by molar-refractivity contribution is 0.489. The van der Waals surface area contributed by atoms with E-state index in [1.54, 1.807) is 0 Å². The molecule has 10 aromatic carbocycles. The molecule has 0 atom stereocenters. The second-order valence-electron chi connectivity index (χ2n) is 15.3. The summed E-state index contributed by atoms with van der Waals surface area (Å²) in [5.41, 5.74) is 16.7. The highest BCUT2D eigenvalue weighted by Gasteiger charge is 2.27. The van der Waals surface area contributed by atoms with Crippen LogP contribution < -0.4 is 9.64 Å². The van der Waals surface area contributed by atoms with E-state index in [4.69, 9.17) is 4.74 Å². The van der Waals surface area contributed by atoms with Gasteiger partial charge in [-0.2, -0.15) is 0 Å². The average molecular weight is 766 g/mol. The molecule has 11 rings (SSSR count). The van der Waals surface area contributed by atoms with Crippen LogP contribution in [0.3, 0.4) is 0 Å². The minimum Gasteiger partial charge on any atom is -0.454 e. The summed E-state index contributed by atoms with van der Waals surface area (Å²) in [5, 5.41) is 2.37. The van der Waals surface area contributed by atoms with Gasteiger partial charge in [-0.25, -0.2) is 0 Å². The molecule has 0 bridgehead atoms. The van der Waals surface area contributed by atoms with Crippen LogP contribution in [0.4, 0.5) is 17.1 Å². The molecular formula is C58H39NO. The Bertz CT molecular complexity index is 3140. The maximum atomic E-state index is 7.35. The fraction of sp³-hybridized carbons (Fsp3) is 0. The Morgan fingerprint density at radius 3 is 1.40 bits per heavy atom. The summed E-state index contributed by atoms with van der Waals surface area (Å²) < 4.78 is 7.35. The van der Waals surface area contributed by atoms with Crippen molar-refractivity contribution in [2.45, 2.75) is 0 Å². The Morgan fingerprint density at radius 1 is 0.267 bits per heavy atom. The number of fused-ring (bicyclic) bond motifs is 6. The molecule has 1 aliphatic rings. The standard InChI is InChI=1S/C58H39NO/c1-4-13-40(14-5-1)44-23-25-46(26-24-44)48-30-35-52-53-36-31-49(42-17-8-3-9-18-42)39-57(53)60-58-54(55(52)38-48)21-12-22-56(58)59(51-34-29-43-19-10-11-20-47(43)37-51)50-32-27-45(28-33-50)41-15-6-2-7-16-41/h1-39H.